The highest BCUT2D eigenvalue weighted by molar-refractivity contribution is 5.61. The molecular formula is C15H15N7O2. The molecule has 2 aromatic heterocycles. The average Bonchev–Trinajstić information content (AvgIpc) is 3.08. The quantitative estimate of drug-likeness (QED) is 0.545. The Morgan fingerprint density at radius 1 is 1.29 bits per heavy atom. The van der Waals surface area contributed by atoms with Gasteiger partial charge in [0.15, 0.2) is 5.82 Å². The summed E-state index contributed by atoms with van der Waals surface area (Å²) >= 11 is 0. The maximum Gasteiger partial charge on any atom is 0.270 e. The molecule has 24 heavy (non-hydrogen) atoms. The standard InChI is InChI=1S/C15H15N7O2/c1-11-9-14(16-5-7-21-8-6-17-20-21)19-15(18-11)12-3-2-4-13(10-12)22(23)24/h2-4,6,8-10H,5,7H2,1H3,(H,16,18,19). The van der Waals surface area contributed by atoms with Crippen molar-refractivity contribution in [3.8, 4) is 11.4 Å². The zero-order chi connectivity index (χ0) is 16.9. The lowest BCUT2D eigenvalue weighted by atomic mass is 10.2. The highest BCUT2D eigenvalue weighted by Crippen LogP contribution is 2.22. The summed E-state index contributed by atoms with van der Waals surface area (Å²) in [5, 5.41) is 21.7. The van der Waals surface area contributed by atoms with Crippen molar-refractivity contribution in [2.45, 2.75) is 13.5 Å². The van der Waals surface area contributed by atoms with E-state index in [9.17, 15) is 10.1 Å². The molecule has 0 amide bonds. The van der Waals surface area contributed by atoms with Crippen LogP contribution in [-0.4, -0.2) is 36.4 Å². The number of hydrogen-bond donors (Lipinski definition) is 1. The summed E-state index contributed by atoms with van der Waals surface area (Å²) < 4.78 is 1.71. The maximum absolute atomic E-state index is 10.9. The monoisotopic (exact) mass is 325 g/mol. The predicted molar refractivity (Wildman–Crippen MR) is 87.4 cm³/mol. The summed E-state index contributed by atoms with van der Waals surface area (Å²) in [6, 6.07) is 8.10. The minimum atomic E-state index is -0.434. The summed E-state index contributed by atoms with van der Waals surface area (Å²) in [6.45, 7) is 3.12. The number of aromatic nitrogens is 5. The minimum Gasteiger partial charge on any atom is -0.368 e. The Balaban J connectivity index is 1.78. The zero-order valence-electron chi connectivity index (χ0n) is 13.0. The Morgan fingerprint density at radius 3 is 2.92 bits per heavy atom. The fourth-order valence-corrected chi connectivity index (χ4v) is 2.20. The second-order valence-electron chi connectivity index (χ2n) is 5.12. The number of benzene rings is 1. The molecule has 0 aliphatic rings. The molecule has 9 heteroatoms. The first kappa shape index (κ1) is 15.5. The van der Waals surface area contributed by atoms with Crippen molar-refractivity contribution in [3.63, 3.8) is 0 Å². The highest BCUT2D eigenvalue weighted by atomic mass is 16.6. The van der Waals surface area contributed by atoms with Crippen molar-refractivity contribution in [2.24, 2.45) is 0 Å². The summed E-state index contributed by atoms with van der Waals surface area (Å²) in [7, 11) is 0. The summed E-state index contributed by atoms with van der Waals surface area (Å²) in [6.07, 6.45) is 3.40. The fourth-order valence-electron chi connectivity index (χ4n) is 2.20. The van der Waals surface area contributed by atoms with Crippen LogP contribution in [0, 0.1) is 17.0 Å². The van der Waals surface area contributed by atoms with Gasteiger partial charge in [-0.15, -0.1) is 5.10 Å². The smallest absolute Gasteiger partial charge is 0.270 e. The van der Waals surface area contributed by atoms with Crippen molar-refractivity contribution in [2.75, 3.05) is 11.9 Å². The van der Waals surface area contributed by atoms with E-state index in [1.54, 1.807) is 29.2 Å². The van der Waals surface area contributed by atoms with Gasteiger partial charge in [0.05, 0.1) is 17.7 Å². The molecule has 9 nitrogen and oxygen atoms in total. The number of nitro groups is 1. The molecule has 1 aromatic carbocycles. The summed E-state index contributed by atoms with van der Waals surface area (Å²) in [5.74, 6) is 1.10. The van der Waals surface area contributed by atoms with E-state index in [4.69, 9.17) is 0 Å². The molecule has 0 saturated heterocycles. The number of anilines is 1. The molecule has 0 saturated carbocycles. The molecule has 2 heterocycles. The fraction of sp³-hybridized carbons (Fsp3) is 0.200. The van der Waals surface area contributed by atoms with E-state index in [-0.39, 0.29) is 5.69 Å². The van der Waals surface area contributed by atoms with Crippen molar-refractivity contribution in [3.05, 3.63) is 58.5 Å². The van der Waals surface area contributed by atoms with E-state index < -0.39 is 4.92 Å². The normalized spacial score (nSPS) is 10.5. The third kappa shape index (κ3) is 3.69. The molecular weight excluding hydrogens is 310 g/mol. The van der Waals surface area contributed by atoms with Gasteiger partial charge in [-0.05, 0) is 6.92 Å². The molecule has 3 rings (SSSR count). The number of hydrogen-bond acceptors (Lipinski definition) is 7. The second kappa shape index (κ2) is 6.82. The molecule has 0 aliphatic heterocycles. The largest absolute Gasteiger partial charge is 0.368 e. The van der Waals surface area contributed by atoms with Crippen molar-refractivity contribution in [1.29, 1.82) is 0 Å². The van der Waals surface area contributed by atoms with Gasteiger partial charge in [0.25, 0.3) is 5.69 Å². The molecule has 122 valence electrons. The first-order chi connectivity index (χ1) is 11.6. The SMILES string of the molecule is Cc1cc(NCCn2ccnn2)nc(-c2cccc([N+](=O)[O-])c2)n1. The average molecular weight is 325 g/mol. The van der Waals surface area contributed by atoms with Crippen molar-refractivity contribution >= 4 is 11.5 Å². The number of non-ortho nitro benzene ring substituents is 1. The third-order valence-corrected chi connectivity index (χ3v) is 3.29. The van der Waals surface area contributed by atoms with Gasteiger partial charge >= 0.3 is 0 Å². The minimum absolute atomic E-state index is 0.0123. The Bertz CT molecular complexity index is 849. The van der Waals surface area contributed by atoms with Crippen LogP contribution < -0.4 is 5.32 Å². The first-order valence-electron chi connectivity index (χ1n) is 7.30. The van der Waals surface area contributed by atoms with Gasteiger partial charge in [0.2, 0.25) is 0 Å². The molecule has 0 radical (unpaired) electrons. The number of nitrogens with zero attached hydrogens (tertiary/aromatic N) is 6. The van der Waals surface area contributed by atoms with Crippen LogP contribution in [0.4, 0.5) is 11.5 Å². The van der Waals surface area contributed by atoms with Crippen LogP contribution in [-0.2, 0) is 6.54 Å². The van der Waals surface area contributed by atoms with E-state index >= 15 is 0 Å². The Kier molecular flexibility index (Phi) is 4.41. The van der Waals surface area contributed by atoms with Gasteiger partial charge in [-0.1, -0.05) is 17.3 Å². The van der Waals surface area contributed by atoms with Crippen LogP contribution in [0.5, 0.6) is 0 Å². The lowest BCUT2D eigenvalue weighted by Gasteiger charge is -2.08. The first-order valence-corrected chi connectivity index (χ1v) is 7.30. The molecule has 0 fully saturated rings. The number of rotatable bonds is 6. The van der Waals surface area contributed by atoms with Gasteiger partial charge in [0.1, 0.15) is 5.82 Å². The molecule has 0 aliphatic carbocycles. The topological polar surface area (TPSA) is 112 Å². The van der Waals surface area contributed by atoms with Crippen LogP contribution in [0.1, 0.15) is 5.69 Å². The number of aryl methyl sites for hydroxylation is 1. The van der Waals surface area contributed by atoms with E-state index in [0.29, 0.717) is 30.3 Å². The molecule has 0 bridgehead atoms. The van der Waals surface area contributed by atoms with E-state index in [2.05, 4.69) is 25.6 Å². The molecule has 1 N–H and O–H groups in total. The number of nitrogens with one attached hydrogen (secondary N) is 1. The van der Waals surface area contributed by atoms with E-state index in [1.165, 1.54) is 12.1 Å². The van der Waals surface area contributed by atoms with Crippen LogP contribution in [0.25, 0.3) is 11.4 Å². The van der Waals surface area contributed by atoms with Crippen LogP contribution in [0.3, 0.4) is 0 Å². The summed E-state index contributed by atoms with van der Waals surface area (Å²) in [5.41, 5.74) is 1.39. The second-order valence-corrected chi connectivity index (χ2v) is 5.12. The van der Waals surface area contributed by atoms with Gasteiger partial charge in [0, 0.05) is 42.2 Å². The lowest BCUT2D eigenvalue weighted by molar-refractivity contribution is -0.384. The van der Waals surface area contributed by atoms with Crippen LogP contribution in [0.15, 0.2) is 42.7 Å². The summed E-state index contributed by atoms with van der Waals surface area (Å²) in [4.78, 5) is 19.3. The van der Waals surface area contributed by atoms with Gasteiger partial charge < -0.3 is 5.32 Å². The lowest BCUT2D eigenvalue weighted by Crippen LogP contribution is -2.12. The third-order valence-electron chi connectivity index (χ3n) is 3.29. The van der Waals surface area contributed by atoms with Gasteiger partial charge in [-0.25, -0.2) is 9.97 Å². The Labute approximate surface area is 137 Å². The number of nitro benzene ring substituents is 1. The van der Waals surface area contributed by atoms with Crippen LogP contribution in [0.2, 0.25) is 0 Å². The molecule has 3 aromatic rings. The predicted octanol–water partition coefficient (Wildman–Crippen LogP) is 2.06. The highest BCUT2D eigenvalue weighted by Gasteiger charge is 2.10. The van der Waals surface area contributed by atoms with Crippen molar-refractivity contribution < 1.29 is 4.92 Å². The van der Waals surface area contributed by atoms with Crippen LogP contribution >= 0.6 is 0 Å². The molecule has 0 spiro atoms. The maximum atomic E-state index is 10.9. The molecule has 0 atom stereocenters. The Morgan fingerprint density at radius 2 is 2.17 bits per heavy atom. The van der Waals surface area contributed by atoms with E-state index in [1.807, 2.05) is 13.0 Å². The Hall–Kier alpha value is -3.36. The zero-order valence-corrected chi connectivity index (χ0v) is 13.0. The van der Waals surface area contributed by atoms with Crippen molar-refractivity contribution in [1.82, 2.24) is 25.0 Å². The van der Waals surface area contributed by atoms with E-state index in [0.717, 1.165) is 5.69 Å². The van der Waals surface area contributed by atoms with Gasteiger partial charge in [-0.3, -0.25) is 14.8 Å². The van der Waals surface area contributed by atoms with Gasteiger partial charge in [-0.2, -0.15) is 0 Å². The molecule has 0 unspecified atom stereocenters.